The van der Waals surface area contributed by atoms with Crippen molar-refractivity contribution in [3.05, 3.63) is 82.0 Å². The van der Waals surface area contributed by atoms with Crippen molar-refractivity contribution in [1.29, 1.82) is 0 Å². The van der Waals surface area contributed by atoms with Gasteiger partial charge < -0.3 is 20.5 Å². The molecular formula is C24H24N4O2. The molecule has 4 aliphatic rings. The van der Waals surface area contributed by atoms with Crippen LogP contribution in [-0.4, -0.2) is 44.4 Å². The number of allylic oxidation sites excluding steroid dienone is 5. The first-order valence-electron chi connectivity index (χ1n) is 10.1. The van der Waals surface area contributed by atoms with Crippen LogP contribution in [0.4, 0.5) is 0 Å². The van der Waals surface area contributed by atoms with Crippen molar-refractivity contribution >= 4 is 23.6 Å². The van der Waals surface area contributed by atoms with Gasteiger partial charge in [-0.05, 0) is 80.2 Å². The number of nitrogens with one attached hydrogen (secondary N) is 2. The molecule has 0 saturated heterocycles. The van der Waals surface area contributed by atoms with Crippen molar-refractivity contribution < 1.29 is 10.2 Å². The summed E-state index contributed by atoms with van der Waals surface area (Å²) in [4.78, 5) is 12.7. The average Bonchev–Trinajstić information content (AvgIpc) is 3.45. The molecule has 0 radical (unpaired) electrons. The summed E-state index contributed by atoms with van der Waals surface area (Å²) in [6.45, 7) is 3.51. The molecule has 6 nitrogen and oxygen atoms in total. The second-order valence-electron chi connectivity index (χ2n) is 8.17. The Morgan fingerprint density at radius 1 is 0.900 bits per heavy atom. The monoisotopic (exact) mass is 400 g/mol. The van der Waals surface area contributed by atoms with E-state index in [1.165, 1.54) is 0 Å². The topological polar surface area (TPSA) is 93.0 Å². The van der Waals surface area contributed by atoms with Crippen LogP contribution in [0.25, 0.3) is 12.2 Å². The summed E-state index contributed by atoms with van der Waals surface area (Å²) in [6.07, 6.45) is 14.8. The lowest BCUT2D eigenvalue weighted by Crippen LogP contribution is -2.48. The number of hydrogen-bond donors (Lipinski definition) is 4. The molecule has 3 atom stereocenters. The van der Waals surface area contributed by atoms with E-state index in [0.717, 1.165) is 44.8 Å². The third-order valence-electron chi connectivity index (χ3n) is 5.85. The van der Waals surface area contributed by atoms with Gasteiger partial charge in [0.2, 0.25) is 0 Å². The number of hydrogen-bond acceptors (Lipinski definition) is 5. The fourth-order valence-corrected chi connectivity index (χ4v) is 4.19. The number of fused-ring (bicyclic) bond motifs is 6. The van der Waals surface area contributed by atoms with Crippen LogP contribution in [-0.2, 0) is 0 Å². The van der Waals surface area contributed by atoms with Crippen LogP contribution in [0.3, 0.4) is 0 Å². The van der Waals surface area contributed by atoms with Gasteiger partial charge in [-0.15, -0.1) is 0 Å². The predicted octanol–water partition coefficient (Wildman–Crippen LogP) is 1.13. The molecule has 5 heterocycles. The molecule has 5 rings (SSSR count). The molecular weight excluding hydrogens is 376 g/mol. The largest absolute Gasteiger partial charge is 0.391 e. The molecule has 0 spiro atoms. The Morgan fingerprint density at radius 3 is 2.17 bits per heavy atom. The maximum absolute atomic E-state index is 10.7. The van der Waals surface area contributed by atoms with Crippen LogP contribution >= 0.6 is 0 Å². The van der Waals surface area contributed by atoms with Crippen molar-refractivity contribution in [3.63, 3.8) is 0 Å². The highest BCUT2D eigenvalue weighted by atomic mass is 16.3. The first-order chi connectivity index (χ1) is 14.4. The average molecular weight is 400 g/mol. The molecule has 1 aromatic rings. The maximum Gasteiger partial charge on any atom is 0.0875 e. The van der Waals surface area contributed by atoms with Crippen LogP contribution in [0.15, 0.2) is 81.2 Å². The summed E-state index contributed by atoms with van der Waals surface area (Å²) < 4.78 is 0. The van der Waals surface area contributed by atoms with E-state index >= 15 is 0 Å². The fourth-order valence-electron chi connectivity index (χ4n) is 4.19. The normalized spacial score (nSPS) is 32.0. The molecule has 6 heteroatoms. The van der Waals surface area contributed by atoms with E-state index in [4.69, 9.17) is 4.99 Å². The van der Waals surface area contributed by atoms with Gasteiger partial charge in [-0.1, -0.05) is 0 Å². The van der Waals surface area contributed by atoms with E-state index in [2.05, 4.69) is 15.3 Å². The van der Waals surface area contributed by atoms with Crippen molar-refractivity contribution in [2.45, 2.75) is 38.0 Å². The van der Waals surface area contributed by atoms with Gasteiger partial charge in [0.05, 0.1) is 40.6 Å². The van der Waals surface area contributed by atoms with Crippen LogP contribution in [0.1, 0.15) is 20.3 Å². The van der Waals surface area contributed by atoms with Gasteiger partial charge >= 0.3 is 0 Å². The first kappa shape index (κ1) is 18.8. The van der Waals surface area contributed by atoms with Gasteiger partial charge in [-0.3, -0.25) is 0 Å². The number of aromatic nitrogens is 1. The van der Waals surface area contributed by atoms with Crippen LogP contribution in [0.2, 0.25) is 0 Å². The van der Waals surface area contributed by atoms with E-state index in [1.807, 2.05) is 60.7 Å². The highest BCUT2D eigenvalue weighted by Crippen LogP contribution is 2.36. The molecule has 1 aromatic heterocycles. The Morgan fingerprint density at radius 2 is 1.53 bits per heavy atom. The Kier molecular flexibility index (Phi) is 4.34. The van der Waals surface area contributed by atoms with Gasteiger partial charge in [0.15, 0.2) is 0 Å². The quantitative estimate of drug-likeness (QED) is 0.600. The zero-order valence-corrected chi connectivity index (χ0v) is 16.9. The summed E-state index contributed by atoms with van der Waals surface area (Å²) in [7, 11) is 0. The summed E-state index contributed by atoms with van der Waals surface area (Å²) in [5.74, 6) is 0. The molecule has 0 aromatic carbocycles. The Bertz CT molecular complexity index is 1250. The molecule has 0 fully saturated rings. The van der Waals surface area contributed by atoms with E-state index in [-0.39, 0.29) is 0 Å². The number of aliphatic hydroxyl groups excluding tert-OH is 2. The number of aliphatic imine (C=N–C) groups is 2. The molecule has 8 bridgehead atoms. The maximum atomic E-state index is 10.7. The predicted molar refractivity (Wildman–Crippen MR) is 119 cm³/mol. The number of H-pyrrole nitrogens is 1. The number of nitrogens with zero attached hydrogens (tertiary/aromatic N) is 2. The van der Waals surface area contributed by atoms with E-state index in [1.54, 1.807) is 13.8 Å². The summed E-state index contributed by atoms with van der Waals surface area (Å²) in [5.41, 5.74) is 4.14. The van der Waals surface area contributed by atoms with Gasteiger partial charge in [0.1, 0.15) is 0 Å². The highest BCUT2D eigenvalue weighted by molar-refractivity contribution is 6.20. The van der Waals surface area contributed by atoms with Crippen LogP contribution < -0.4 is 16.0 Å². The molecule has 30 heavy (non-hydrogen) atoms. The minimum absolute atomic E-state index is 0.485. The van der Waals surface area contributed by atoms with Crippen LogP contribution in [0, 0.1) is 0 Å². The van der Waals surface area contributed by atoms with E-state index < -0.39 is 17.7 Å². The van der Waals surface area contributed by atoms with Gasteiger partial charge in [-0.2, -0.15) is 0 Å². The third kappa shape index (κ3) is 3.34. The zero-order valence-electron chi connectivity index (χ0n) is 16.9. The van der Waals surface area contributed by atoms with Gasteiger partial charge in [0, 0.05) is 22.8 Å². The zero-order chi connectivity index (χ0) is 20.9. The molecule has 3 unspecified atom stereocenters. The molecule has 4 N–H and O–H groups in total. The molecule has 0 aliphatic carbocycles. The Balaban J connectivity index is 1.71. The summed E-state index contributed by atoms with van der Waals surface area (Å²) >= 11 is 0. The van der Waals surface area contributed by atoms with E-state index in [0.29, 0.717) is 6.42 Å². The van der Waals surface area contributed by atoms with Crippen molar-refractivity contribution in [2.75, 3.05) is 0 Å². The van der Waals surface area contributed by atoms with Crippen molar-refractivity contribution in [3.8, 4) is 0 Å². The Labute approximate surface area is 174 Å². The molecule has 152 valence electrons. The summed E-state index contributed by atoms with van der Waals surface area (Å²) in [6, 6.07) is 4.02. The second kappa shape index (κ2) is 6.93. The number of aliphatic hydroxyl groups is 2. The molecule has 4 aliphatic heterocycles. The lowest BCUT2D eigenvalue weighted by atomic mass is 9.87. The van der Waals surface area contributed by atoms with E-state index in [9.17, 15) is 10.2 Å². The van der Waals surface area contributed by atoms with Gasteiger partial charge in [0.25, 0.3) is 0 Å². The van der Waals surface area contributed by atoms with Gasteiger partial charge in [-0.25, -0.2) is 9.98 Å². The third-order valence-corrected chi connectivity index (χ3v) is 5.85. The number of aromatic amines is 1. The standard InChI is InChI=1S/C24H24N4O2/c1-14(29)22-13-24(15(2)30)12-21-8-7-19(27-21)10-17-4-3-16(25-17)9-18-5-6-20(26-18)11-23(22)28-24/h3-12,14-15,25,28-30H,13H2,1-2H3/b16-9-,17-10-,20-11-,21-12-. The highest BCUT2D eigenvalue weighted by Gasteiger charge is 2.41. The lowest BCUT2D eigenvalue weighted by Gasteiger charge is -2.31. The Hall–Kier alpha value is -3.22. The molecule has 0 amide bonds. The fraction of sp³-hybridized carbons (Fsp3) is 0.250. The van der Waals surface area contributed by atoms with Crippen molar-refractivity contribution in [1.82, 2.24) is 10.3 Å². The second-order valence-corrected chi connectivity index (χ2v) is 8.17. The lowest BCUT2D eigenvalue weighted by molar-refractivity contribution is 0.113. The number of rotatable bonds is 2. The molecule has 0 saturated carbocycles. The summed E-state index contributed by atoms with van der Waals surface area (Å²) in [5, 5.41) is 26.5. The minimum Gasteiger partial charge on any atom is -0.391 e. The minimum atomic E-state index is -0.755. The van der Waals surface area contributed by atoms with Crippen molar-refractivity contribution in [2.24, 2.45) is 9.98 Å². The SMILES string of the molecule is CC(O)C1=C2/C=C3/C=CC(=N3)/C=c3/cc/c([nH]3)=C/C3=NC(=C\C(C(C)O)(C1)N2)/C=C3. The smallest absolute Gasteiger partial charge is 0.0875 e. The van der Waals surface area contributed by atoms with Crippen LogP contribution in [0.5, 0.6) is 0 Å². The first-order valence-corrected chi connectivity index (χ1v) is 10.1.